The maximum atomic E-state index is 13.5. The van der Waals surface area contributed by atoms with E-state index >= 15 is 0 Å². The third kappa shape index (κ3) is 3.90. The average molecular weight is 405 g/mol. The van der Waals surface area contributed by atoms with Crippen molar-refractivity contribution in [1.29, 1.82) is 0 Å². The predicted molar refractivity (Wildman–Crippen MR) is 116 cm³/mol. The first kappa shape index (κ1) is 20.4. The molecule has 0 N–H and O–H groups in total. The van der Waals surface area contributed by atoms with Crippen molar-refractivity contribution in [2.45, 2.75) is 46.4 Å². The second-order valence-electron chi connectivity index (χ2n) is 8.43. The van der Waals surface area contributed by atoms with E-state index in [0.29, 0.717) is 24.4 Å². The predicted octanol–water partition coefficient (Wildman–Crippen LogP) is 3.69. The summed E-state index contributed by atoms with van der Waals surface area (Å²) in [5, 5.41) is 0. The second kappa shape index (κ2) is 8.07. The lowest BCUT2D eigenvalue weighted by Crippen LogP contribution is -2.46. The minimum absolute atomic E-state index is 0.00503. The quantitative estimate of drug-likeness (QED) is 0.730. The monoisotopic (exact) mass is 404 g/mol. The molecule has 2 heterocycles. The largest absolute Gasteiger partial charge is 0.372 e. The molecule has 1 fully saturated rings. The van der Waals surface area contributed by atoms with Crippen LogP contribution in [0.1, 0.15) is 36.1 Å². The number of hydrogen-bond acceptors (Lipinski definition) is 4. The number of carbonyl (C=O) groups is 2. The normalized spacial score (nSPS) is 22.3. The molecular formula is C25H28N2O3. The van der Waals surface area contributed by atoms with Gasteiger partial charge in [-0.3, -0.25) is 14.5 Å². The van der Waals surface area contributed by atoms with E-state index < -0.39 is 0 Å². The van der Waals surface area contributed by atoms with Crippen molar-refractivity contribution < 1.29 is 14.3 Å². The fourth-order valence-electron chi connectivity index (χ4n) is 4.22. The third-order valence-electron chi connectivity index (χ3n) is 5.68. The van der Waals surface area contributed by atoms with Gasteiger partial charge in [-0.2, -0.15) is 0 Å². The van der Waals surface area contributed by atoms with Crippen LogP contribution in [0.3, 0.4) is 0 Å². The number of aryl methyl sites for hydroxylation is 2. The van der Waals surface area contributed by atoms with Gasteiger partial charge >= 0.3 is 0 Å². The molecule has 2 amide bonds. The molecule has 30 heavy (non-hydrogen) atoms. The summed E-state index contributed by atoms with van der Waals surface area (Å²) in [4.78, 5) is 30.4. The van der Waals surface area contributed by atoms with Gasteiger partial charge in [0, 0.05) is 13.1 Å². The number of morpholine rings is 1. The Morgan fingerprint density at radius 2 is 1.37 bits per heavy atom. The zero-order valence-corrected chi connectivity index (χ0v) is 18.0. The average Bonchev–Trinajstić information content (AvgIpc) is 2.94. The van der Waals surface area contributed by atoms with Gasteiger partial charge in [-0.25, -0.2) is 0 Å². The summed E-state index contributed by atoms with van der Waals surface area (Å²) in [6.45, 7) is 9.48. The Morgan fingerprint density at radius 3 is 1.93 bits per heavy atom. The van der Waals surface area contributed by atoms with Crippen LogP contribution >= 0.6 is 0 Å². The van der Waals surface area contributed by atoms with Crippen molar-refractivity contribution in [3.63, 3.8) is 0 Å². The summed E-state index contributed by atoms with van der Waals surface area (Å²) in [7, 11) is 0. The first-order valence-corrected chi connectivity index (χ1v) is 10.5. The Bertz CT molecular complexity index is 982. The molecule has 0 saturated carbocycles. The van der Waals surface area contributed by atoms with E-state index in [1.807, 2.05) is 81.1 Å². The SMILES string of the molecule is Cc1ccc(CN2C(=O)C(c3ccc(C)cc3)=C(N3CC(C)OC(C)C3)C2=O)cc1. The first-order valence-electron chi connectivity index (χ1n) is 10.5. The summed E-state index contributed by atoms with van der Waals surface area (Å²) in [5.41, 5.74) is 4.98. The van der Waals surface area contributed by atoms with E-state index in [2.05, 4.69) is 0 Å². The summed E-state index contributed by atoms with van der Waals surface area (Å²) in [5.74, 6) is -0.455. The Balaban J connectivity index is 1.74. The number of benzene rings is 2. The van der Waals surface area contributed by atoms with Crippen LogP contribution in [0.25, 0.3) is 5.57 Å². The highest BCUT2D eigenvalue weighted by atomic mass is 16.5. The van der Waals surface area contributed by atoms with Gasteiger partial charge in [0.05, 0.1) is 24.3 Å². The Morgan fingerprint density at radius 1 is 0.833 bits per heavy atom. The van der Waals surface area contributed by atoms with Crippen LogP contribution in [-0.2, 0) is 20.9 Å². The van der Waals surface area contributed by atoms with Crippen molar-refractivity contribution in [3.05, 3.63) is 76.5 Å². The lowest BCUT2D eigenvalue weighted by molar-refractivity contribution is -0.139. The highest BCUT2D eigenvalue weighted by Crippen LogP contribution is 2.34. The molecule has 156 valence electrons. The number of carbonyl (C=O) groups excluding carboxylic acids is 2. The van der Waals surface area contributed by atoms with Gasteiger partial charge in [0.15, 0.2) is 0 Å². The molecule has 2 unspecified atom stereocenters. The number of ether oxygens (including phenoxy) is 1. The number of nitrogens with zero attached hydrogens (tertiary/aromatic N) is 2. The molecule has 0 aliphatic carbocycles. The van der Waals surface area contributed by atoms with E-state index in [-0.39, 0.29) is 30.6 Å². The second-order valence-corrected chi connectivity index (χ2v) is 8.43. The minimum atomic E-state index is -0.230. The van der Waals surface area contributed by atoms with Crippen LogP contribution in [0, 0.1) is 13.8 Å². The smallest absolute Gasteiger partial charge is 0.278 e. The van der Waals surface area contributed by atoms with Gasteiger partial charge in [0.1, 0.15) is 5.70 Å². The van der Waals surface area contributed by atoms with Crippen molar-refractivity contribution in [1.82, 2.24) is 9.80 Å². The van der Waals surface area contributed by atoms with E-state index in [9.17, 15) is 9.59 Å². The zero-order valence-electron chi connectivity index (χ0n) is 18.0. The topological polar surface area (TPSA) is 49.9 Å². The Kier molecular flexibility index (Phi) is 5.48. The van der Waals surface area contributed by atoms with Crippen molar-refractivity contribution in [3.8, 4) is 0 Å². The number of rotatable bonds is 4. The molecule has 2 atom stereocenters. The van der Waals surface area contributed by atoms with E-state index in [0.717, 1.165) is 22.3 Å². The van der Waals surface area contributed by atoms with E-state index in [1.165, 1.54) is 4.90 Å². The van der Waals surface area contributed by atoms with Crippen LogP contribution in [0.5, 0.6) is 0 Å². The van der Waals surface area contributed by atoms with Gasteiger partial charge in [-0.15, -0.1) is 0 Å². The summed E-state index contributed by atoms with van der Waals surface area (Å²) in [6, 6.07) is 15.8. The number of amides is 2. The molecule has 0 bridgehead atoms. The molecule has 2 aromatic carbocycles. The van der Waals surface area contributed by atoms with Crippen molar-refractivity contribution in [2.75, 3.05) is 13.1 Å². The maximum Gasteiger partial charge on any atom is 0.278 e. The maximum absolute atomic E-state index is 13.5. The lowest BCUT2D eigenvalue weighted by Gasteiger charge is -2.37. The van der Waals surface area contributed by atoms with Gasteiger partial charge in [0.2, 0.25) is 0 Å². The molecule has 2 aromatic rings. The Labute approximate surface area is 177 Å². The molecule has 5 heteroatoms. The van der Waals surface area contributed by atoms with E-state index in [1.54, 1.807) is 0 Å². The van der Waals surface area contributed by atoms with Crippen molar-refractivity contribution >= 4 is 17.4 Å². The summed E-state index contributed by atoms with van der Waals surface area (Å²) < 4.78 is 5.85. The van der Waals surface area contributed by atoms with Crippen LogP contribution in [0.15, 0.2) is 54.2 Å². The summed E-state index contributed by atoms with van der Waals surface area (Å²) >= 11 is 0. The molecule has 5 nitrogen and oxygen atoms in total. The van der Waals surface area contributed by atoms with Gasteiger partial charge in [0.25, 0.3) is 11.8 Å². The molecular weight excluding hydrogens is 376 g/mol. The number of imide groups is 1. The van der Waals surface area contributed by atoms with Gasteiger partial charge in [-0.1, -0.05) is 59.7 Å². The van der Waals surface area contributed by atoms with Gasteiger partial charge in [-0.05, 0) is 38.8 Å². The zero-order chi connectivity index (χ0) is 21.4. The van der Waals surface area contributed by atoms with E-state index in [4.69, 9.17) is 4.74 Å². The molecule has 4 rings (SSSR count). The van der Waals surface area contributed by atoms with Crippen LogP contribution in [0.4, 0.5) is 0 Å². The van der Waals surface area contributed by atoms with Crippen LogP contribution in [-0.4, -0.2) is 46.9 Å². The third-order valence-corrected chi connectivity index (χ3v) is 5.68. The highest BCUT2D eigenvalue weighted by molar-refractivity contribution is 6.35. The van der Waals surface area contributed by atoms with Crippen molar-refractivity contribution in [2.24, 2.45) is 0 Å². The van der Waals surface area contributed by atoms with Crippen LogP contribution < -0.4 is 0 Å². The molecule has 0 radical (unpaired) electrons. The fourth-order valence-corrected chi connectivity index (χ4v) is 4.22. The van der Waals surface area contributed by atoms with Gasteiger partial charge < -0.3 is 9.64 Å². The molecule has 2 aliphatic rings. The Hall–Kier alpha value is -2.92. The molecule has 1 saturated heterocycles. The first-order chi connectivity index (χ1) is 14.3. The molecule has 0 spiro atoms. The number of hydrogen-bond donors (Lipinski definition) is 0. The van der Waals surface area contributed by atoms with Crippen LogP contribution in [0.2, 0.25) is 0 Å². The summed E-state index contributed by atoms with van der Waals surface area (Å²) in [6.07, 6.45) is -0.0101. The highest BCUT2D eigenvalue weighted by Gasteiger charge is 2.43. The standard InChI is InChI=1S/C25H28N2O3/c1-16-5-9-20(10-6-16)15-27-24(28)22(21-11-7-17(2)8-12-21)23(25(27)29)26-13-18(3)30-19(4)14-26/h5-12,18-19H,13-15H2,1-4H3. The fraction of sp³-hybridized carbons (Fsp3) is 0.360. The lowest BCUT2D eigenvalue weighted by atomic mass is 10.0. The minimum Gasteiger partial charge on any atom is -0.372 e. The molecule has 2 aliphatic heterocycles. The molecule has 0 aromatic heterocycles.